The number of nitrogens with zero attached hydrogens (tertiary/aromatic N) is 3. The lowest BCUT2D eigenvalue weighted by Crippen LogP contribution is -2.28. The highest BCUT2D eigenvalue weighted by Crippen LogP contribution is 2.40. The van der Waals surface area contributed by atoms with E-state index in [1.165, 1.54) is 7.11 Å². The van der Waals surface area contributed by atoms with Gasteiger partial charge in [0, 0.05) is 31.0 Å². The number of fused-ring (bicyclic) bond motifs is 1. The lowest BCUT2D eigenvalue weighted by Gasteiger charge is -2.23. The molecule has 0 radical (unpaired) electrons. The summed E-state index contributed by atoms with van der Waals surface area (Å²) in [4.78, 5) is 21.7. The Bertz CT molecular complexity index is 1070. The van der Waals surface area contributed by atoms with Crippen molar-refractivity contribution in [2.45, 2.75) is 46.8 Å². The Morgan fingerprint density at radius 3 is 2.63 bits per heavy atom. The standard InChI is InChI=1S/C23H28ClN3O3/c1-7-27-17-10-11-18(24)26-20(17)16(13-23(3,4)22(28)30-6)21(27)15-9-8-12-25-19(15)14(2)29-5/h8-12,14H,7,13H2,1-6H3/t14-/m0/s1. The molecule has 30 heavy (non-hydrogen) atoms. The number of aromatic nitrogens is 3. The van der Waals surface area contributed by atoms with Crippen LogP contribution in [0.2, 0.25) is 5.15 Å². The molecular formula is C23H28ClN3O3. The minimum absolute atomic E-state index is 0.192. The van der Waals surface area contributed by atoms with Gasteiger partial charge in [-0.1, -0.05) is 11.6 Å². The molecule has 1 atom stereocenters. The molecule has 0 aliphatic rings. The Hall–Kier alpha value is -2.44. The molecular weight excluding hydrogens is 402 g/mol. The maximum Gasteiger partial charge on any atom is 0.311 e. The van der Waals surface area contributed by atoms with E-state index in [-0.39, 0.29) is 12.1 Å². The van der Waals surface area contributed by atoms with Gasteiger partial charge in [-0.25, -0.2) is 4.98 Å². The maximum atomic E-state index is 12.5. The minimum atomic E-state index is -0.740. The van der Waals surface area contributed by atoms with E-state index in [2.05, 4.69) is 21.5 Å². The van der Waals surface area contributed by atoms with Crippen LogP contribution >= 0.6 is 11.6 Å². The second-order valence-corrected chi connectivity index (χ2v) is 8.33. The van der Waals surface area contributed by atoms with Crippen LogP contribution < -0.4 is 0 Å². The summed E-state index contributed by atoms with van der Waals surface area (Å²) in [6.07, 6.45) is 2.02. The van der Waals surface area contributed by atoms with Crippen molar-refractivity contribution in [1.82, 2.24) is 14.5 Å². The van der Waals surface area contributed by atoms with Crippen LogP contribution in [-0.4, -0.2) is 34.7 Å². The normalized spacial score (nSPS) is 12.9. The molecule has 0 aromatic carbocycles. The average Bonchev–Trinajstić information content (AvgIpc) is 3.04. The highest BCUT2D eigenvalue weighted by atomic mass is 35.5. The first kappa shape index (κ1) is 22.2. The summed E-state index contributed by atoms with van der Waals surface area (Å²) in [6, 6.07) is 7.71. The predicted octanol–water partition coefficient (Wildman–Crippen LogP) is 5.22. The second-order valence-electron chi connectivity index (χ2n) is 7.94. The number of ether oxygens (including phenoxy) is 2. The van der Waals surface area contributed by atoms with E-state index < -0.39 is 5.41 Å². The number of carbonyl (C=O) groups excluding carboxylic acids is 1. The zero-order chi connectivity index (χ0) is 22.1. The number of rotatable bonds is 7. The van der Waals surface area contributed by atoms with E-state index in [0.717, 1.165) is 40.1 Å². The van der Waals surface area contributed by atoms with E-state index >= 15 is 0 Å². The van der Waals surface area contributed by atoms with Crippen LogP contribution in [0.25, 0.3) is 22.3 Å². The van der Waals surface area contributed by atoms with E-state index in [4.69, 9.17) is 21.1 Å². The minimum Gasteiger partial charge on any atom is -0.469 e. The van der Waals surface area contributed by atoms with Crippen molar-refractivity contribution >= 4 is 28.6 Å². The van der Waals surface area contributed by atoms with E-state index in [9.17, 15) is 4.79 Å². The van der Waals surface area contributed by atoms with Crippen molar-refractivity contribution in [3.63, 3.8) is 0 Å². The van der Waals surface area contributed by atoms with E-state index in [1.54, 1.807) is 19.4 Å². The first-order valence-electron chi connectivity index (χ1n) is 9.99. The summed E-state index contributed by atoms with van der Waals surface area (Å²) in [7, 11) is 3.08. The van der Waals surface area contributed by atoms with E-state index in [0.29, 0.717) is 11.6 Å². The predicted molar refractivity (Wildman–Crippen MR) is 119 cm³/mol. The number of esters is 1. The Morgan fingerprint density at radius 2 is 2.00 bits per heavy atom. The molecule has 160 valence electrons. The van der Waals surface area contributed by atoms with Gasteiger partial charge in [-0.3, -0.25) is 9.78 Å². The fraction of sp³-hybridized carbons (Fsp3) is 0.435. The smallest absolute Gasteiger partial charge is 0.311 e. The summed E-state index contributed by atoms with van der Waals surface area (Å²) in [6.45, 7) is 8.54. The summed E-state index contributed by atoms with van der Waals surface area (Å²) in [5.74, 6) is -0.274. The molecule has 3 heterocycles. The molecule has 6 nitrogen and oxygen atoms in total. The van der Waals surface area contributed by atoms with Gasteiger partial charge in [0.2, 0.25) is 0 Å². The second kappa shape index (κ2) is 8.74. The average molecular weight is 430 g/mol. The fourth-order valence-electron chi connectivity index (χ4n) is 3.91. The van der Waals surface area contributed by atoms with Gasteiger partial charge in [0.1, 0.15) is 5.15 Å². The SMILES string of the molecule is CCn1c(-c2cccnc2[C@H](C)OC)c(CC(C)(C)C(=O)OC)c2nc(Cl)ccc21. The molecule has 7 heteroatoms. The monoisotopic (exact) mass is 429 g/mol. The first-order chi connectivity index (χ1) is 14.2. The third kappa shape index (κ3) is 3.94. The molecule has 0 aliphatic heterocycles. The molecule has 0 amide bonds. The topological polar surface area (TPSA) is 66.2 Å². The van der Waals surface area contributed by atoms with Crippen LogP contribution in [0.5, 0.6) is 0 Å². The molecule has 3 aromatic rings. The Morgan fingerprint density at radius 1 is 1.27 bits per heavy atom. The van der Waals surface area contributed by atoms with Gasteiger partial charge >= 0.3 is 5.97 Å². The highest BCUT2D eigenvalue weighted by Gasteiger charge is 2.33. The quantitative estimate of drug-likeness (QED) is 0.380. The Labute approximate surface area is 182 Å². The molecule has 0 N–H and O–H groups in total. The van der Waals surface area contributed by atoms with Crippen molar-refractivity contribution in [1.29, 1.82) is 0 Å². The summed E-state index contributed by atoms with van der Waals surface area (Å²) in [5.41, 5.74) is 4.73. The van der Waals surface area contributed by atoms with E-state index in [1.807, 2.05) is 39.0 Å². The van der Waals surface area contributed by atoms with Gasteiger partial charge in [0.25, 0.3) is 0 Å². The van der Waals surface area contributed by atoms with Crippen LogP contribution in [0, 0.1) is 5.41 Å². The number of halogens is 1. The molecule has 0 unspecified atom stereocenters. The van der Waals surface area contributed by atoms with Gasteiger partial charge in [0.05, 0.1) is 41.1 Å². The third-order valence-corrected chi connectivity index (χ3v) is 5.69. The molecule has 0 saturated heterocycles. The number of aryl methyl sites for hydroxylation is 1. The summed E-state index contributed by atoms with van der Waals surface area (Å²) < 4.78 is 12.8. The van der Waals surface area contributed by atoms with Crippen molar-refractivity contribution in [3.8, 4) is 11.3 Å². The number of methoxy groups -OCH3 is 2. The first-order valence-corrected chi connectivity index (χ1v) is 10.4. The zero-order valence-electron chi connectivity index (χ0n) is 18.3. The van der Waals surface area contributed by atoms with Crippen molar-refractivity contribution in [2.24, 2.45) is 5.41 Å². The van der Waals surface area contributed by atoms with Gasteiger partial charge < -0.3 is 14.0 Å². The maximum absolute atomic E-state index is 12.5. The molecule has 0 bridgehead atoms. The van der Waals surface area contributed by atoms with Crippen LogP contribution in [0.3, 0.4) is 0 Å². The molecule has 0 spiro atoms. The lowest BCUT2D eigenvalue weighted by molar-refractivity contribution is -0.150. The number of hydrogen-bond donors (Lipinski definition) is 0. The molecule has 0 saturated carbocycles. The molecule has 0 aliphatic carbocycles. The summed E-state index contributed by atoms with van der Waals surface area (Å²) in [5, 5.41) is 0.413. The molecule has 3 rings (SSSR count). The molecule has 0 fully saturated rings. The van der Waals surface area contributed by atoms with Crippen molar-refractivity contribution < 1.29 is 14.3 Å². The fourth-order valence-corrected chi connectivity index (χ4v) is 4.06. The van der Waals surface area contributed by atoms with Crippen LogP contribution in [0.15, 0.2) is 30.5 Å². The van der Waals surface area contributed by atoms with Gasteiger partial charge in [-0.05, 0) is 58.4 Å². The Balaban J connectivity index is 2.38. The number of carbonyl (C=O) groups is 1. The number of hydrogen-bond acceptors (Lipinski definition) is 5. The van der Waals surface area contributed by atoms with Crippen LogP contribution in [0.4, 0.5) is 0 Å². The van der Waals surface area contributed by atoms with Gasteiger partial charge in [-0.15, -0.1) is 0 Å². The highest BCUT2D eigenvalue weighted by molar-refractivity contribution is 6.29. The third-order valence-electron chi connectivity index (χ3n) is 5.48. The zero-order valence-corrected chi connectivity index (χ0v) is 19.1. The summed E-state index contributed by atoms with van der Waals surface area (Å²) >= 11 is 6.26. The molecule has 3 aromatic heterocycles. The van der Waals surface area contributed by atoms with Crippen LogP contribution in [-0.2, 0) is 27.2 Å². The van der Waals surface area contributed by atoms with Gasteiger partial charge in [0.15, 0.2) is 0 Å². The largest absolute Gasteiger partial charge is 0.469 e. The van der Waals surface area contributed by atoms with Crippen LogP contribution in [0.1, 0.15) is 45.1 Å². The lowest BCUT2D eigenvalue weighted by atomic mass is 9.84. The number of pyridine rings is 2. The van der Waals surface area contributed by atoms with Crippen molar-refractivity contribution in [2.75, 3.05) is 14.2 Å². The van der Waals surface area contributed by atoms with Gasteiger partial charge in [-0.2, -0.15) is 0 Å². The Kier molecular flexibility index (Phi) is 6.48. The van der Waals surface area contributed by atoms with Crippen molar-refractivity contribution in [3.05, 3.63) is 46.9 Å².